The molecule has 2 rings (SSSR count). The average Bonchev–Trinajstić information content (AvgIpc) is 2.61. The molecule has 0 saturated carbocycles. The first kappa shape index (κ1) is 18.5. The third-order valence-electron chi connectivity index (χ3n) is 3.88. The van der Waals surface area contributed by atoms with Gasteiger partial charge in [-0.25, -0.2) is 0 Å². The Kier molecular flexibility index (Phi) is 6.19. The van der Waals surface area contributed by atoms with Crippen molar-refractivity contribution in [3.63, 3.8) is 0 Å². The van der Waals surface area contributed by atoms with Crippen molar-refractivity contribution in [2.24, 2.45) is 10.8 Å². The van der Waals surface area contributed by atoms with E-state index < -0.39 is 5.84 Å². The first-order valence-corrected chi connectivity index (χ1v) is 8.24. The Morgan fingerprint density at radius 2 is 2.12 bits per heavy atom. The van der Waals surface area contributed by atoms with Crippen LogP contribution in [0.15, 0.2) is 23.3 Å². The molecule has 0 aliphatic carbocycles. The number of amides is 1. The Morgan fingerprint density at radius 1 is 1.44 bits per heavy atom. The second-order valence-electron chi connectivity index (χ2n) is 5.48. The highest BCUT2D eigenvalue weighted by molar-refractivity contribution is 6.45. The molecule has 132 valence electrons. The molecule has 9 heteroatoms. The topological polar surface area (TPSA) is 122 Å². The number of nitriles is 1. The van der Waals surface area contributed by atoms with Crippen LogP contribution in [0.5, 0.6) is 0 Å². The van der Waals surface area contributed by atoms with Crippen molar-refractivity contribution in [3.8, 4) is 6.07 Å². The second-order valence-corrected chi connectivity index (χ2v) is 5.92. The number of benzene rings is 1. The minimum atomic E-state index is -0.412. The molecule has 1 aliphatic heterocycles. The first-order valence-electron chi connectivity index (χ1n) is 7.86. The van der Waals surface area contributed by atoms with Crippen LogP contribution in [0.1, 0.15) is 13.3 Å². The number of halogens is 1. The Hall–Kier alpha value is -2.79. The van der Waals surface area contributed by atoms with Crippen LogP contribution in [-0.2, 0) is 4.79 Å². The van der Waals surface area contributed by atoms with Gasteiger partial charge in [-0.1, -0.05) is 18.5 Å². The maximum atomic E-state index is 11.8. The molecule has 0 radical (unpaired) electrons. The largest absolute Gasteiger partial charge is 0.382 e. The number of hydrazone groups is 1. The lowest BCUT2D eigenvalue weighted by molar-refractivity contribution is -0.131. The molecule has 1 aliphatic rings. The van der Waals surface area contributed by atoms with E-state index in [0.29, 0.717) is 43.3 Å². The zero-order valence-electron chi connectivity index (χ0n) is 13.9. The number of nitrogens with two attached hydrogens (primary N) is 1. The summed E-state index contributed by atoms with van der Waals surface area (Å²) in [5.41, 5.74) is 9.32. The lowest BCUT2D eigenvalue weighted by atomic mass is 10.2. The van der Waals surface area contributed by atoms with Crippen molar-refractivity contribution in [2.45, 2.75) is 13.3 Å². The number of piperazine rings is 1. The van der Waals surface area contributed by atoms with E-state index in [4.69, 9.17) is 28.0 Å². The number of anilines is 2. The molecule has 1 amide bonds. The Bertz CT molecular complexity index is 732. The summed E-state index contributed by atoms with van der Waals surface area (Å²) in [6.07, 6.45) is 0.504. The highest BCUT2D eigenvalue weighted by Crippen LogP contribution is 2.30. The Morgan fingerprint density at radius 3 is 2.68 bits per heavy atom. The minimum Gasteiger partial charge on any atom is -0.382 e. The number of hydrogen-bond acceptors (Lipinski definition) is 6. The van der Waals surface area contributed by atoms with Gasteiger partial charge in [0.1, 0.15) is 6.07 Å². The van der Waals surface area contributed by atoms with Crippen LogP contribution < -0.4 is 16.1 Å². The fourth-order valence-electron chi connectivity index (χ4n) is 2.56. The predicted molar refractivity (Wildman–Crippen MR) is 99.1 cm³/mol. The van der Waals surface area contributed by atoms with Crippen LogP contribution in [0.3, 0.4) is 0 Å². The normalized spacial score (nSPS) is 14.8. The number of carbonyl (C=O) groups is 1. The summed E-state index contributed by atoms with van der Waals surface area (Å²) in [6.45, 7) is 4.52. The molecular formula is C16H20ClN7O. The molecule has 0 aromatic heterocycles. The van der Waals surface area contributed by atoms with Crippen molar-refractivity contribution < 1.29 is 4.79 Å². The summed E-state index contributed by atoms with van der Waals surface area (Å²) in [6, 6.07) is 7.08. The van der Waals surface area contributed by atoms with Gasteiger partial charge < -0.3 is 15.5 Å². The number of amidine groups is 1. The molecule has 0 bridgehead atoms. The van der Waals surface area contributed by atoms with Crippen LogP contribution in [0.2, 0.25) is 5.02 Å². The van der Waals surface area contributed by atoms with E-state index in [1.165, 1.54) is 0 Å². The van der Waals surface area contributed by atoms with Gasteiger partial charge in [-0.3, -0.25) is 15.6 Å². The predicted octanol–water partition coefficient (Wildman–Crippen LogP) is 1.63. The molecule has 1 aromatic rings. The molecule has 0 atom stereocenters. The highest BCUT2D eigenvalue weighted by atomic mass is 35.5. The second kappa shape index (κ2) is 8.35. The maximum Gasteiger partial charge on any atom is 0.222 e. The van der Waals surface area contributed by atoms with Gasteiger partial charge in [0.25, 0.3) is 0 Å². The zero-order valence-corrected chi connectivity index (χ0v) is 14.7. The molecule has 1 fully saturated rings. The van der Waals surface area contributed by atoms with Gasteiger partial charge in [-0.05, 0) is 18.2 Å². The van der Waals surface area contributed by atoms with E-state index in [1.54, 1.807) is 18.2 Å². The van der Waals surface area contributed by atoms with Gasteiger partial charge in [0.2, 0.25) is 11.6 Å². The number of hydrogen-bond donors (Lipinski definition) is 3. The summed E-state index contributed by atoms with van der Waals surface area (Å²) in [7, 11) is 0. The lowest BCUT2D eigenvalue weighted by Gasteiger charge is -2.36. The van der Waals surface area contributed by atoms with E-state index in [9.17, 15) is 4.79 Å². The number of nitrogens with zero attached hydrogens (tertiary/aromatic N) is 4. The van der Waals surface area contributed by atoms with Gasteiger partial charge in [0.15, 0.2) is 5.84 Å². The van der Waals surface area contributed by atoms with E-state index >= 15 is 0 Å². The minimum absolute atomic E-state index is 0.152. The summed E-state index contributed by atoms with van der Waals surface area (Å²) >= 11 is 6.06. The van der Waals surface area contributed by atoms with E-state index in [-0.39, 0.29) is 11.6 Å². The summed E-state index contributed by atoms with van der Waals surface area (Å²) in [5.74, 6) is -0.260. The molecular weight excluding hydrogens is 342 g/mol. The van der Waals surface area contributed by atoms with Crippen molar-refractivity contribution in [3.05, 3.63) is 23.2 Å². The van der Waals surface area contributed by atoms with Gasteiger partial charge in [0.05, 0.1) is 11.4 Å². The summed E-state index contributed by atoms with van der Waals surface area (Å²) < 4.78 is 0. The van der Waals surface area contributed by atoms with Crippen LogP contribution in [0.25, 0.3) is 0 Å². The van der Waals surface area contributed by atoms with Crippen LogP contribution in [-0.4, -0.2) is 48.5 Å². The quantitative estimate of drug-likeness (QED) is 0.418. The van der Waals surface area contributed by atoms with Crippen molar-refractivity contribution in [1.82, 2.24) is 4.90 Å². The zero-order chi connectivity index (χ0) is 18.4. The molecule has 0 unspecified atom stereocenters. The Balaban J connectivity index is 2.18. The van der Waals surface area contributed by atoms with Gasteiger partial charge >= 0.3 is 0 Å². The van der Waals surface area contributed by atoms with Gasteiger partial charge in [-0.15, -0.1) is 0 Å². The van der Waals surface area contributed by atoms with Crippen molar-refractivity contribution >= 4 is 40.4 Å². The maximum absolute atomic E-state index is 11.8. The monoisotopic (exact) mass is 361 g/mol. The van der Waals surface area contributed by atoms with Crippen LogP contribution >= 0.6 is 11.6 Å². The standard InChI is InChI=1S/C16H20ClN7O/c1-2-15(25)24-7-5-23(6-8-24)14-4-3-11(17)9-12(14)21-22-13(10-18)16(19)20/h3-4,9,21H,2,5-8H2,1H3,(H3,19,20)/b22-13+. The number of rotatable bonds is 5. The van der Waals surface area contributed by atoms with E-state index in [0.717, 1.165) is 5.69 Å². The van der Waals surface area contributed by atoms with E-state index in [2.05, 4.69) is 15.4 Å². The summed E-state index contributed by atoms with van der Waals surface area (Å²) in [5, 5.41) is 20.6. The fourth-order valence-corrected chi connectivity index (χ4v) is 2.73. The van der Waals surface area contributed by atoms with Crippen molar-refractivity contribution in [2.75, 3.05) is 36.5 Å². The van der Waals surface area contributed by atoms with Gasteiger partial charge in [0, 0.05) is 37.6 Å². The number of nitrogens with one attached hydrogen (secondary N) is 2. The first-order chi connectivity index (χ1) is 12.0. The molecule has 1 saturated heterocycles. The average molecular weight is 362 g/mol. The molecule has 0 spiro atoms. The molecule has 4 N–H and O–H groups in total. The molecule has 25 heavy (non-hydrogen) atoms. The SMILES string of the molecule is CCC(=O)N1CCN(c2ccc(Cl)cc2N/N=C(\C#N)C(=N)N)CC1. The highest BCUT2D eigenvalue weighted by Gasteiger charge is 2.21. The summed E-state index contributed by atoms with van der Waals surface area (Å²) in [4.78, 5) is 15.8. The van der Waals surface area contributed by atoms with Crippen LogP contribution in [0, 0.1) is 16.7 Å². The Labute approximate surface area is 151 Å². The third kappa shape index (κ3) is 4.61. The van der Waals surface area contributed by atoms with Crippen LogP contribution in [0.4, 0.5) is 11.4 Å². The molecule has 1 aromatic carbocycles. The van der Waals surface area contributed by atoms with Crippen molar-refractivity contribution in [1.29, 1.82) is 10.7 Å². The molecule has 1 heterocycles. The third-order valence-corrected chi connectivity index (χ3v) is 4.12. The fraction of sp³-hybridized carbons (Fsp3) is 0.375. The van der Waals surface area contributed by atoms with E-state index in [1.807, 2.05) is 17.9 Å². The smallest absolute Gasteiger partial charge is 0.222 e. The molecule has 8 nitrogen and oxygen atoms in total. The lowest BCUT2D eigenvalue weighted by Crippen LogP contribution is -2.48. The van der Waals surface area contributed by atoms with Gasteiger partial charge in [-0.2, -0.15) is 10.4 Å². The number of carbonyl (C=O) groups excluding carboxylic acids is 1.